The number of ether oxygens (including phenoxy) is 1. The first kappa shape index (κ1) is 23.5. The van der Waals surface area contributed by atoms with E-state index in [0.29, 0.717) is 16.1 Å². The zero-order chi connectivity index (χ0) is 22.5. The van der Waals surface area contributed by atoms with Crippen LogP contribution in [0, 0.1) is 0 Å². The number of hydrogen-bond acceptors (Lipinski definition) is 4. The van der Waals surface area contributed by atoms with Crippen LogP contribution in [0.3, 0.4) is 0 Å². The molecule has 170 valence electrons. The van der Waals surface area contributed by atoms with Crippen LogP contribution in [0.2, 0.25) is 10.0 Å². The summed E-state index contributed by atoms with van der Waals surface area (Å²) < 4.78 is 5.42. The Morgan fingerprint density at radius 1 is 1.00 bits per heavy atom. The molecule has 0 aromatic heterocycles. The quantitative estimate of drug-likeness (QED) is 0.447. The molecule has 0 aliphatic carbocycles. The third-order valence-electron chi connectivity index (χ3n) is 6.20. The Morgan fingerprint density at radius 2 is 1.72 bits per heavy atom. The fraction of sp³-hybridized carbons (Fsp3) is 0.400. The number of hydrogen-bond donors (Lipinski definition) is 0. The van der Waals surface area contributed by atoms with Crippen LogP contribution < -0.4 is 4.74 Å². The maximum Gasteiger partial charge on any atom is 0.246 e. The maximum absolute atomic E-state index is 12.7. The molecule has 0 radical (unpaired) electrons. The maximum atomic E-state index is 12.7. The number of amides is 1. The molecular formula is C25H28Cl2N2O2S. The van der Waals surface area contributed by atoms with Crippen LogP contribution in [0.25, 0.3) is 6.08 Å². The first-order valence-electron chi connectivity index (χ1n) is 11.1. The fourth-order valence-corrected chi connectivity index (χ4v) is 5.94. The van der Waals surface area contributed by atoms with Crippen molar-refractivity contribution < 1.29 is 9.53 Å². The molecule has 0 atom stereocenters. The molecule has 0 saturated carbocycles. The van der Waals surface area contributed by atoms with Crippen LogP contribution in [0.5, 0.6) is 5.75 Å². The molecule has 0 unspecified atom stereocenters. The second kappa shape index (κ2) is 11.0. The lowest BCUT2D eigenvalue weighted by Crippen LogP contribution is -2.45. The van der Waals surface area contributed by atoms with Gasteiger partial charge in [-0.25, -0.2) is 0 Å². The SMILES string of the molecule is COc1ccccc1Sc1ccc(C=CC(=O)N2CCC(N3CCCC3)CC2)c(Cl)c1Cl. The molecule has 0 spiro atoms. The number of likely N-dealkylation sites (tertiary alicyclic amines) is 2. The smallest absolute Gasteiger partial charge is 0.246 e. The Labute approximate surface area is 204 Å². The van der Waals surface area contributed by atoms with Crippen molar-refractivity contribution in [1.82, 2.24) is 9.80 Å². The standard InChI is InChI=1S/C25H28Cl2N2O2S/c1-31-20-6-2-3-7-21(20)32-22-10-8-18(24(26)25(22)27)9-11-23(30)29-16-12-19(13-17-29)28-14-4-5-15-28/h2-3,6-11,19H,4-5,12-17H2,1H3. The largest absolute Gasteiger partial charge is 0.496 e. The lowest BCUT2D eigenvalue weighted by atomic mass is 10.0. The summed E-state index contributed by atoms with van der Waals surface area (Å²) >= 11 is 14.6. The highest BCUT2D eigenvalue weighted by Crippen LogP contribution is 2.42. The van der Waals surface area contributed by atoms with Gasteiger partial charge in [0.05, 0.1) is 22.1 Å². The van der Waals surface area contributed by atoms with Crippen molar-refractivity contribution in [2.24, 2.45) is 0 Å². The zero-order valence-corrected chi connectivity index (χ0v) is 20.6. The van der Waals surface area contributed by atoms with Crippen LogP contribution in [0.4, 0.5) is 0 Å². The zero-order valence-electron chi connectivity index (χ0n) is 18.2. The summed E-state index contributed by atoms with van der Waals surface area (Å²) in [6.07, 6.45) is 8.10. The summed E-state index contributed by atoms with van der Waals surface area (Å²) in [6.45, 7) is 4.05. The highest BCUT2D eigenvalue weighted by Gasteiger charge is 2.27. The van der Waals surface area contributed by atoms with E-state index in [1.54, 1.807) is 19.3 Å². The number of methoxy groups -OCH3 is 1. The van der Waals surface area contributed by atoms with E-state index in [0.717, 1.165) is 47.0 Å². The molecule has 2 heterocycles. The highest BCUT2D eigenvalue weighted by molar-refractivity contribution is 7.99. The normalized spacial score (nSPS) is 17.9. The highest BCUT2D eigenvalue weighted by atomic mass is 35.5. The van der Waals surface area contributed by atoms with Gasteiger partial charge in [0.15, 0.2) is 0 Å². The Balaban J connectivity index is 1.38. The van der Waals surface area contributed by atoms with Gasteiger partial charge in [0.2, 0.25) is 5.91 Å². The van der Waals surface area contributed by atoms with E-state index in [-0.39, 0.29) is 5.91 Å². The van der Waals surface area contributed by atoms with Gasteiger partial charge in [0, 0.05) is 30.1 Å². The van der Waals surface area contributed by atoms with Gasteiger partial charge >= 0.3 is 0 Å². The van der Waals surface area contributed by atoms with Gasteiger partial charge in [0.1, 0.15) is 5.75 Å². The summed E-state index contributed by atoms with van der Waals surface area (Å²) in [4.78, 5) is 19.0. The molecular weight excluding hydrogens is 463 g/mol. The average molecular weight is 491 g/mol. The number of para-hydroxylation sites is 1. The second-order valence-corrected chi connectivity index (χ2v) is 10.0. The molecule has 4 nitrogen and oxygen atoms in total. The molecule has 0 bridgehead atoms. The molecule has 7 heteroatoms. The summed E-state index contributed by atoms with van der Waals surface area (Å²) in [5.74, 6) is 0.817. The second-order valence-electron chi connectivity index (χ2n) is 8.17. The van der Waals surface area contributed by atoms with Gasteiger partial charge in [0.25, 0.3) is 0 Å². The van der Waals surface area contributed by atoms with Gasteiger partial charge in [-0.2, -0.15) is 0 Å². The molecule has 2 saturated heterocycles. The molecule has 2 aliphatic rings. The first-order chi connectivity index (χ1) is 15.6. The number of benzene rings is 2. The number of carbonyl (C=O) groups is 1. The lowest BCUT2D eigenvalue weighted by Gasteiger charge is -2.36. The third kappa shape index (κ3) is 5.45. The van der Waals surface area contributed by atoms with E-state index < -0.39 is 0 Å². The molecule has 2 aliphatic heterocycles. The topological polar surface area (TPSA) is 32.8 Å². The molecule has 0 N–H and O–H groups in total. The summed E-state index contributed by atoms with van der Waals surface area (Å²) in [5, 5.41) is 0.923. The van der Waals surface area contributed by atoms with E-state index >= 15 is 0 Å². The van der Waals surface area contributed by atoms with Crippen LogP contribution in [-0.2, 0) is 4.79 Å². The summed E-state index contributed by atoms with van der Waals surface area (Å²) in [6, 6.07) is 12.2. The van der Waals surface area contributed by atoms with Crippen molar-refractivity contribution in [3.8, 4) is 5.75 Å². The van der Waals surface area contributed by atoms with Gasteiger partial charge in [-0.15, -0.1) is 0 Å². The van der Waals surface area contributed by atoms with Crippen molar-refractivity contribution in [1.29, 1.82) is 0 Å². The first-order valence-corrected chi connectivity index (χ1v) is 12.6. The van der Waals surface area contributed by atoms with Gasteiger partial charge in [-0.3, -0.25) is 4.79 Å². The minimum Gasteiger partial charge on any atom is -0.496 e. The Kier molecular flexibility index (Phi) is 8.06. The third-order valence-corrected chi connectivity index (χ3v) is 8.33. The predicted octanol–water partition coefficient (Wildman–Crippen LogP) is 6.25. The Morgan fingerprint density at radius 3 is 2.44 bits per heavy atom. The number of halogens is 2. The number of carbonyl (C=O) groups excluding carboxylic acids is 1. The molecule has 4 rings (SSSR count). The molecule has 2 aromatic carbocycles. The monoisotopic (exact) mass is 490 g/mol. The Hall–Kier alpha value is -1.66. The fourth-order valence-electron chi connectivity index (χ4n) is 4.40. The molecule has 32 heavy (non-hydrogen) atoms. The van der Waals surface area contributed by atoms with Gasteiger partial charge in [-0.05, 0) is 68.6 Å². The van der Waals surface area contributed by atoms with E-state index in [2.05, 4.69) is 4.90 Å². The summed E-state index contributed by atoms with van der Waals surface area (Å²) in [5.41, 5.74) is 0.737. The van der Waals surface area contributed by atoms with Crippen molar-refractivity contribution in [2.45, 2.75) is 41.5 Å². The molecule has 2 aromatic rings. The van der Waals surface area contributed by atoms with Gasteiger partial charge in [-0.1, -0.05) is 53.2 Å². The summed E-state index contributed by atoms with van der Waals surface area (Å²) in [7, 11) is 1.65. The number of nitrogens with zero attached hydrogens (tertiary/aromatic N) is 2. The van der Waals surface area contributed by atoms with Crippen molar-refractivity contribution in [3.63, 3.8) is 0 Å². The van der Waals surface area contributed by atoms with Crippen LogP contribution in [0.1, 0.15) is 31.2 Å². The van der Waals surface area contributed by atoms with Crippen molar-refractivity contribution in [2.75, 3.05) is 33.3 Å². The van der Waals surface area contributed by atoms with E-state index in [4.69, 9.17) is 27.9 Å². The van der Waals surface area contributed by atoms with Crippen LogP contribution in [-0.4, -0.2) is 55.0 Å². The van der Waals surface area contributed by atoms with Crippen LogP contribution >= 0.6 is 35.0 Å². The predicted molar refractivity (Wildman–Crippen MR) is 133 cm³/mol. The van der Waals surface area contributed by atoms with E-state index in [1.807, 2.05) is 41.3 Å². The van der Waals surface area contributed by atoms with Crippen molar-refractivity contribution in [3.05, 3.63) is 58.1 Å². The lowest BCUT2D eigenvalue weighted by molar-refractivity contribution is -0.127. The number of piperidine rings is 1. The Bertz CT molecular complexity index is 984. The number of rotatable bonds is 6. The van der Waals surface area contributed by atoms with E-state index in [1.165, 1.54) is 37.7 Å². The minimum atomic E-state index is 0.0320. The molecule has 1 amide bonds. The van der Waals surface area contributed by atoms with Crippen molar-refractivity contribution >= 4 is 46.9 Å². The van der Waals surface area contributed by atoms with E-state index in [9.17, 15) is 4.79 Å². The minimum absolute atomic E-state index is 0.0320. The average Bonchev–Trinajstić information content (AvgIpc) is 3.37. The molecule has 2 fully saturated rings. The van der Waals surface area contributed by atoms with Crippen LogP contribution in [0.15, 0.2) is 52.3 Å². The van der Waals surface area contributed by atoms with Gasteiger partial charge < -0.3 is 14.5 Å².